The molecule has 3 heterocycles. The maximum Gasteiger partial charge on any atom is 0.307 e. The van der Waals surface area contributed by atoms with Gasteiger partial charge in [-0.15, -0.1) is 0 Å². The number of carbonyl (C=O) groups is 1. The fourth-order valence-corrected chi connectivity index (χ4v) is 6.00. The zero-order valence-corrected chi connectivity index (χ0v) is 17.5. The number of hydrogen-bond donors (Lipinski definition) is 1. The topological polar surface area (TPSA) is 102 Å². The van der Waals surface area contributed by atoms with E-state index in [1.807, 2.05) is 0 Å². The second-order valence-electron chi connectivity index (χ2n) is 7.03. The SMILES string of the molecule is Cn1c(=O)sc2cc(S(=O)(=O)N3CCC(C(=O)NCc4ccco4)CC3)ccc21. The number of piperidine rings is 1. The predicted molar refractivity (Wildman–Crippen MR) is 109 cm³/mol. The average Bonchev–Trinajstić information content (AvgIpc) is 3.34. The van der Waals surface area contributed by atoms with Crippen molar-refractivity contribution >= 4 is 37.5 Å². The Bertz CT molecular complexity index is 1190. The van der Waals surface area contributed by atoms with E-state index in [1.54, 1.807) is 37.6 Å². The number of thiazole rings is 1. The van der Waals surface area contributed by atoms with Gasteiger partial charge in [0.2, 0.25) is 15.9 Å². The monoisotopic (exact) mass is 435 g/mol. The number of nitrogens with one attached hydrogen (secondary N) is 1. The normalized spacial score (nSPS) is 16.3. The van der Waals surface area contributed by atoms with Crippen molar-refractivity contribution in [3.05, 3.63) is 52.0 Å². The molecule has 0 atom stereocenters. The Kier molecular flexibility index (Phi) is 5.32. The molecule has 0 unspecified atom stereocenters. The summed E-state index contributed by atoms with van der Waals surface area (Å²) in [5.41, 5.74) is 0.714. The van der Waals surface area contributed by atoms with E-state index < -0.39 is 10.0 Å². The third-order valence-electron chi connectivity index (χ3n) is 5.24. The van der Waals surface area contributed by atoms with Gasteiger partial charge in [-0.1, -0.05) is 11.3 Å². The van der Waals surface area contributed by atoms with Crippen LogP contribution < -0.4 is 10.2 Å². The summed E-state index contributed by atoms with van der Waals surface area (Å²) in [6.07, 6.45) is 2.48. The number of benzene rings is 1. The van der Waals surface area contributed by atoms with Crippen molar-refractivity contribution in [2.24, 2.45) is 13.0 Å². The van der Waals surface area contributed by atoms with Crippen molar-refractivity contribution in [3.8, 4) is 0 Å². The Morgan fingerprint density at radius 3 is 2.72 bits per heavy atom. The third kappa shape index (κ3) is 3.87. The third-order valence-corrected chi connectivity index (χ3v) is 8.13. The molecule has 0 bridgehead atoms. The summed E-state index contributed by atoms with van der Waals surface area (Å²) in [5.74, 6) is 0.365. The van der Waals surface area contributed by atoms with Crippen LogP contribution in [0.1, 0.15) is 18.6 Å². The molecule has 1 aromatic carbocycles. The molecule has 29 heavy (non-hydrogen) atoms. The van der Waals surface area contributed by atoms with Gasteiger partial charge in [0, 0.05) is 26.1 Å². The summed E-state index contributed by atoms with van der Waals surface area (Å²) in [6.45, 7) is 0.888. The lowest BCUT2D eigenvalue weighted by Gasteiger charge is -2.30. The molecule has 1 saturated heterocycles. The van der Waals surface area contributed by atoms with Crippen LogP contribution in [0.2, 0.25) is 0 Å². The highest BCUT2D eigenvalue weighted by atomic mass is 32.2. The quantitative estimate of drug-likeness (QED) is 0.660. The number of aryl methyl sites for hydroxylation is 1. The molecule has 0 aliphatic carbocycles. The lowest BCUT2D eigenvalue weighted by atomic mass is 9.97. The molecule has 1 fully saturated rings. The van der Waals surface area contributed by atoms with Crippen LogP contribution in [0.3, 0.4) is 0 Å². The number of rotatable bonds is 5. The standard InChI is InChI=1S/C19H21N3O5S2/c1-21-16-5-4-15(11-17(16)28-19(21)24)29(25,26)22-8-6-13(7-9-22)18(23)20-12-14-3-2-10-27-14/h2-5,10-11,13H,6-9,12H2,1H3,(H,20,23). The van der Waals surface area contributed by atoms with Crippen LogP contribution in [0.15, 0.2) is 50.7 Å². The minimum Gasteiger partial charge on any atom is -0.467 e. The Hall–Kier alpha value is -2.43. The number of nitrogens with zero attached hydrogens (tertiary/aromatic N) is 2. The predicted octanol–water partition coefficient (Wildman–Crippen LogP) is 1.91. The summed E-state index contributed by atoms with van der Waals surface area (Å²) >= 11 is 1.03. The molecule has 1 aliphatic heterocycles. The van der Waals surface area contributed by atoms with Crippen molar-refractivity contribution in [2.45, 2.75) is 24.3 Å². The molecular weight excluding hydrogens is 414 g/mol. The summed E-state index contributed by atoms with van der Waals surface area (Å²) in [5, 5.41) is 2.84. The first kappa shape index (κ1) is 19.9. The van der Waals surface area contributed by atoms with Crippen LogP contribution >= 0.6 is 11.3 Å². The van der Waals surface area contributed by atoms with Gasteiger partial charge >= 0.3 is 4.87 Å². The zero-order chi connectivity index (χ0) is 20.6. The van der Waals surface area contributed by atoms with Gasteiger partial charge in [-0.2, -0.15) is 4.31 Å². The van der Waals surface area contributed by atoms with Crippen molar-refractivity contribution in [2.75, 3.05) is 13.1 Å². The lowest BCUT2D eigenvalue weighted by molar-refractivity contribution is -0.126. The second kappa shape index (κ2) is 7.77. The molecule has 2 aromatic heterocycles. The van der Waals surface area contributed by atoms with Crippen LogP contribution in [0.25, 0.3) is 10.2 Å². The maximum atomic E-state index is 13.0. The Morgan fingerprint density at radius 2 is 2.03 bits per heavy atom. The molecule has 4 rings (SSSR count). The number of aromatic nitrogens is 1. The second-order valence-corrected chi connectivity index (χ2v) is 9.96. The molecule has 0 saturated carbocycles. The van der Waals surface area contributed by atoms with Crippen LogP contribution in [-0.4, -0.2) is 36.3 Å². The Balaban J connectivity index is 1.42. The first-order chi connectivity index (χ1) is 13.9. The zero-order valence-electron chi connectivity index (χ0n) is 15.8. The number of hydrogen-bond acceptors (Lipinski definition) is 6. The molecule has 0 radical (unpaired) electrons. The average molecular weight is 436 g/mol. The smallest absolute Gasteiger partial charge is 0.307 e. The van der Waals surface area contributed by atoms with Crippen LogP contribution in [0.5, 0.6) is 0 Å². The van der Waals surface area contributed by atoms with Gasteiger partial charge in [-0.3, -0.25) is 9.59 Å². The number of amides is 1. The van der Waals surface area contributed by atoms with E-state index >= 15 is 0 Å². The maximum absolute atomic E-state index is 13.0. The minimum absolute atomic E-state index is 0.0890. The van der Waals surface area contributed by atoms with E-state index in [9.17, 15) is 18.0 Å². The molecule has 0 spiro atoms. The van der Waals surface area contributed by atoms with Crippen LogP contribution in [0, 0.1) is 5.92 Å². The van der Waals surface area contributed by atoms with Crippen molar-refractivity contribution in [1.82, 2.24) is 14.2 Å². The van der Waals surface area contributed by atoms with Crippen LogP contribution in [0.4, 0.5) is 0 Å². The highest BCUT2D eigenvalue weighted by Crippen LogP contribution is 2.27. The van der Waals surface area contributed by atoms with Gasteiger partial charge < -0.3 is 14.3 Å². The number of furan rings is 1. The van der Waals surface area contributed by atoms with Crippen molar-refractivity contribution in [1.29, 1.82) is 0 Å². The summed E-state index contributed by atoms with van der Waals surface area (Å²) in [4.78, 5) is 24.2. The molecule has 3 aromatic rings. The van der Waals surface area contributed by atoms with E-state index in [-0.39, 0.29) is 34.7 Å². The minimum atomic E-state index is -3.67. The number of fused-ring (bicyclic) bond motifs is 1. The fourth-order valence-electron chi connectivity index (χ4n) is 3.51. The summed E-state index contributed by atoms with van der Waals surface area (Å²) in [6, 6.07) is 8.30. The molecule has 1 aliphatic rings. The van der Waals surface area contributed by atoms with Crippen LogP contribution in [-0.2, 0) is 28.4 Å². The highest BCUT2D eigenvalue weighted by molar-refractivity contribution is 7.89. The van der Waals surface area contributed by atoms with Gasteiger partial charge in [0.1, 0.15) is 5.76 Å². The van der Waals surface area contributed by atoms with Gasteiger partial charge in [0.25, 0.3) is 0 Å². The molecule has 154 valence electrons. The molecule has 1 N–H and O–H groups in total. The summed E-state index contributed by atoms with van der Waals surface area (Å²) in [7, 11) is -2.01. The number of sulfonamides is 1. The van der Waals surface area contributed by atoms with Crippen molar-refractivity contribution in [3.63, 3.8) is 0 Å². The first-order valence-corrected chi connectivity index (χ1v) is 11.5. The molecule has 8 nitrogen and oxygen atoms in total. The largest absolute Gasteiger partial charge is 0.467 e. The highest BCUT2D eigenvalue weighted by Gasteiger charge is 2.32. The first-order valence-electron chi connectivity index (χ1n) is 9.26. The van der Waals surface area contributed by atoms with Crippen molar-refractivity contribution < 1.29 is 17.6 Å². The lowest BCUT2D eigenvalue weighted by Crippen LogP contribution is -2.42. The van der Waals surface area contributed by atoms with E-state index in [2.05, 4.69) is 5.32 Å². The van der Waals surface area contributed by atoms with E-state index in [0.717, 1.165) is 11.3 Å². The Labute approximate surface area is 171 Å². The summed E-state index contributed by atoms with van der Waals surface area (Å²) < 4.78 is 34.8. The number of carbonyl (C=O) groups excluding carboxylic acids is 1. The van der Waals surface area contributed by atoms with Gasteiger partial charge in [0.15, 0.2) is 0 Å². The van der Waals surface area contributed by atoms with Gasteiger partial charge in [-0.25, -0.2) is 8.42 Å². The molecular formula is C19H21N3O5S2. The van der Waals surface area contributed by atoms with E-state index in [4.69, 9.17) is 4.42 Å². The van der Waals surface area contributed by atoms with E-state index in [1.165, 1.54) is 14.9 Å². The molecule has 10 heteroatoms. The van der Waals surface area contributed by atoms with Gasteiger partial charge in [0.05, 0.1) is 27.9 Å². The Morgan fingerprint density at radius 1 is 1.28 bits per heavy atom. The van der Waals surface area contributed by atoms with Gasteiger partial charge in [-0.05, 0) is 43.2 Å². The molecule has 1 amide bonds. The fraction of sp³-hybridized carbons (Fsp3) is 0.368. The van der Waals surface area contributed by atoms with E-state index in [0.29, 0.717) is 35.4 Å².